The van der Waals surface area contributed by atoms with Crippen LogP contribution in [-0.2, 0) is 0 Å². The van der Waals surface area contributed by atoms with Crippen LogP contribution in [0.1, 0.15) is 25.7 Å². The lowest BCUT2D eigenvalue weighted by molar-refractivity contribution is -0.0393. The third-order valence-corrected chi connectivity index (χ3v) is 4.15. The molecule has 3 saturated carbocycles. The number of fused-ring (bicyclic) bond motifs is 3. The lowest BCUT2D eigenvalue weighted by Crippen LogP contribution is -2.37. The SMILES string of the molecule is OC1C2CC(C1O)C1(CC1)C2. The van der Waals surface area contributed by atoms with Crippen molar-refractivity contribution >= 4 is 0 Å². The van der Waals surface area contributed by atoms with Gasteiger partial charge in [-0.1, -0.05) is 0 Å². The lowest BCUT2D eigenvalue weighted by Gasteiger charge is -2.29. The monoisotopic (exact) mass is 154 g/mol. The Morgan fingerprint density at radius 1 is 1.09 bits per heavy atom. The highest BCUT2D eigenvalue weighted by molar-refractivity contribution is 5.14. The van der Waals surface area contributed by atoms with Crippen LogP contribution < -0.4 is 0 Å². The van der Waals surface area contributed by atoms with Crippen LogP contribution in [0.5, 0.6) is 0 Å². The number of rotatable bonds is 0. The molecule has 0 aromatic rings. The zero-order chi connectivity index (χ0) is 7.64. The van der Waals surface area contributed by atoms with Gasteiger partial charge in [0.05, 0.1) is 12.2 Å². The van der Waals surface area contributed by atoms with E-state index in [-0.39, 0.29) is 0 Å². The first-order valence-electron chi connectivity index (χ1n) is 4.59. The minimum absolute atomic E-state index is 0.392. The van der Waals surface area contributed by atoms with E-state index in [1.165, 1.54) is 19.3 Å². The molecule has 62 valence electrons. The maximum Gasteiger partial charge on any atom is 0.0835 e. The molecule has 3 rings (SSSR count). The molecule has 1 spiro atoms. The van der Waals surface area contributed by atoms with Crippen molar-refractivity contribution in [2.45, 2.75) is 37.9 Å². The summed E-state index contributed by atoms with van der Waals surface area (Å²) in [4.78, 5) is 0. The average molecular weight is 154 g/mol. The third-order valence-electron chi connectivity index (χ3n) is 4.15. The summed E-state index contributed by atoms with van der Waals surface area (Å²) in [7, 11) is 0. The number of aliphatic hydroxyl groups excluding tert-OH is 2. The van der Waals surface area contributed by atoms with Gasteiger partial charge in [-0.25, -0.2) is 0 Å². The van der Waals surface area contributed by atoms with E-state index in [1.54, 1.807) is 0 Å². The molecule has 3 aliphatic carbocycles. The van der Waals surface area contributed by atoms with Crippen molar-refractivity contribution in [1.29, 1.82) is 0 Å². The molecule has 3 fully saturated rings. The number of hydrogen-bond acceptors (Lipinski definition) is 2. The topological polar surface area (TPSA) is 40.5 Å². The van der Waals surface area contributed by atoms with Gasteiger partial charge in [-0.3, -0.25) is 0 Å². The van der Waals surface area contributed by atoms with Gasteiger partial charge in [0.15, 0.2) is 0 Å². The summed E-state index contributed by atoms with van der Waals surface area (Å²) in [6, 6.07) is 0. The Kier molecular flexibility index (Phi) is 0.961. The summed E-state index contributed by atoms with van der Waals surface area (Å²) in [5.74, 6) is 0.875. The molecule has 0 aliphatic heterocycles. The van der Waals surface area contributed by atoms with Crippen molar-refractivity contribution in [1.82, 2.24) is 0 Å². The molecule has 0 saturated heterocycles. The van der Waals surface area contributed by atoms with E-state index in [2.05, 4.69) is 0 Å². The highest BCUT2D eigenvalue weighted by Crippen LogP contribution is 2.68. The highest BCUT2D eigenvalue weighted by atomic mass is 16.3. The van der Waals surface area contributed by atoms with Gasteiger partial charge in [0.2, 0.25) is 0 Å². The zero-order valence-electron chi connectivity index (χ0n) is 6.53. The quantitative estimate of drug-likeness (QED) is 0.534. The minimum Gasteiger partial charge on any atom is -0.390 e. The fourth-order valence-electron chi connectivity index (χ4n) is 3.35. The first kappa shape index (κ1) is 6.44. The van der Waals surface area contributed by atoms with Crippen LogP contribution in [0.25, 0.3) is 0 Å². The van der Waals surface area contributed by atoms with Crippen LogP contribution in [-0.4, -0.2) is 22.4 Å². The van der Waals surface area contributed by atoms with E-state index in [0.29, 0.717) is 17.3 Å². The molecule has 0 aromatic heterocycles. The number of hydrogen-bond donors (Lipinski definition) is 2. The van der Waals surface area contributed by atoms with Crippen molar-refractivity contribution < 1.29 is 10.2 Å². The molecule has 2 bridgehead atoms. The Labute approximate surface area is 66.2 Å². The number of aliphatic hydroxyl groups is 2. The van der Waals surface area contributed by atoms with Crippen molar-refractivity contribution in [2.75, 3.05) is 0 Å². The molecule has 0 amide bonds. The molecular formula is C9H14O2. The van der Waals surface area contributed by atoms with E-state index in [1.807, 2.05) is 0 Å². The molecule has 4 unspecified atom stereocenters. The molecular weight excluding hydrogens is 140 g/mol. The zero-order valence-corrected chi connectivity index (χ0v) is 6.53. The van der Waals surface area contributed by atoms with Gasteiger partial charge in [0.25, 0.3) is 0 Å². The molecule has 0 aromatic carbocycles. The van der Waals surface area contributed by atoms with Gasteiger partial charge < -0.3 is 10.2 Å². The maximum absolute atomic E-state index is 9.61. The summed E-state index contributed by atoms with van der Waals surface area (Å²) in [5.41, 5.74) is 0.503. The maximum atomic E-state index is 9.61. The third kappa shape index (κ3) is 0.611. The van der Waals surface area contributed by atoms with E-state index in [4.69, 9.17) is 0 Å². The van der Waals surface area contributed by atoms with Gasteiger partial charge >= 0.3 is 0 Å². The average Bonchev–Trinajstić information content (AvgIpc) is 2.53. The normalized spacial score (nSPS) is 57.3. The molecule has 3 aliphatic rings. The Balaban J connectivity index is 1.93. The molecule has 0 radical (unpaired) electrons. The second-order valence-electron chi connectivity index (χ2n) is 4.65. The second-order valence-corrected chi connectivity index (χ2v) is 4.65. The smallest absolute Gasteiger partial charge is 0.0835 e. The fraction of sp³-hybridized carbons (Fsp3) is 1.00. The Hall–Kier alpha value is -0.0800. The molecule has 2 heteroatoms. The van der Waals surface area contributed by atoms with E-state index < -0.39 is 12.2 Å². The molecule has 2 nitrogen and oxygen atoms in total. The summed E-state index contributed by atoms with van der Waals surface area (Å²) in [5, 5.41) is 19.1. The van der Waals surface area contributed by atoms with Gasteiger partial charge in [-0.15, -0.1) is 0 Å². The van der Waals surface area contributed by atoms with E-state index in [9.17, 15) is 10.2 Å². The van der Waals surface area contributed by atoms with Crippen molar-refractivity contribution in [3.05, 3.63) is 0 Å². The Morgan fingerprint density at radius 2 is 1.82 bits per heavy atom. The van der Waals surface area contributed by atoms with Crippen molar-refractivity contribution in [3.63, 3.8) is 0 Å². The van der Waals surface area contributed by atoms with Crippen LogP contribution in [0.2, 0.25) is 0 Å². The summed E-state index contributed by atoms with van der Waals surface area (Å²) in [6.07, 6.45) is 4.09. The van der Waals surface area contributed by atoms with Crippen LogP contribution in [0.15, 0.2) is 0 Å². The van der Waals surface area contributed by atoms with Gasteiger partial charge in [0, 0.05) is 0 Å². The lowest BCUT2D eigenvalue weighted by atomic mass is 9.82. The molecule has 11 heavy (non-hydrogen) atoms. The molecule has 2 N–H and O–H groups in total. The molecule has 4 atom stereocenters. The van der Waals surface area contributed by atoms with Crippen molar-refractivity contribution in [3.8, 4) is 0 Å². The van der Waals surface area contributed by atoms with Gasteiger partial charge in [-0.05, 0) is 42.9 Å². The van der Waals surface area contributed by atoms with Crippen LogP contribution in [0.3, 0.4) is 0 Å². The minimum atomic E-state index is -0.397. The highest BCUT2D eigenvalue weighted by Gasteiger charge is 2.64. The summed E-state index contributed by atoms with van der Waals surface area (Å²) >= 11 is 0. The van der Waals surface area contributed by atoms with E-state index in [0.717, 1.165) is 6.42 Å². The van der Waals surface area contributed by atoms with E-state index >= 15 is 0 Å². The predicted molar refractivity (Wildman–Crippen MR) is 39.9 cm³/mol. The first-order chi connectivity index (χ1) is 5.23. The predicted octanol–water partition coefficient (Wildman–Crippen LogP) is 0.528. The summed E-state index contributed by atoms with van der Waals surface area (Å²) < 4.78 is 0. The standard InChI is InChI=1S/C9H14O2/c10-7-5-3-6(8(7)11)9(4-5)1-2-9/h5-8,10-11H,1-4H2. The fourth-order valence-corrected chi connectivity index (χ4v) is 3.35. The first-order valence-corrected chi connectivity index (χ1v) is 4.59. The van der Waals surface area contributed by atoms with Crippen LogP contribution in [0.4, 0.5) is 0 Å². The second kappa shape index (κ2) is 1.64. The largest absolute Gasteiger partial charge is 0.390 e. The van der Waals surface area contributed by atoms with Crippen LogP contribution in [0, 0.1) is 17.3 Å². The Morgan fingerprint density at radius 3 is 2.27 bits per heavy atom. The summed E-state index contributed by atoms with van der Waals surface area (Å²) in [6.45, 7) is 0. The van der Waals surface area contributed by atoms with Gasteiger partial charge in [0.1, 0.15) is 0 Å². The molecule has 0 heterocycles. The van der Waals surface area contributed by atoms with Gasteiger partial charge in [-0.2, -0.15) is 0 Å². The van der Waals surface area contributed by atoms with Crippen molar-refractivity contribution in [2.24, 2.45) is 17.3 Å². The van der Waals surface area contributed by atoms with Crippen LogP contribution >= 0.6 is 0 Å². The Bertz CT molecular complexity index is 196.